The lowest BCUT2D eigenvalue weighted by atomic mass is 10.0. The van der Waals surface area contributed by atoms with Gasteiger partial charge in [0, 0.05) is 13.1 Å². The fourth-order valence-corrected chi connectivity index (χ4v) is 3.43. The van der Waals surface area contributed by atoms with E-state index >= 15 is 0 Å². The van der Waals surface area contributed by atoms with E-state index in [4.69, 9.17) is 0 Å². The summed E-state index contributed by atoms with van der Waals surface area (Å²) in [7, 11) is -3.69. The molecule has 120 valence electrons. The molecule has 1 aromatic carbocycles. The Hall–Kier alpha value is -0.980. The molecule has 0 radical (unpaired) electrons. The zero-order chi connectivity index (χ0) is 15.9. The van der Waals surface area contributed by atoms with Crippen molar-refractivity contribution in [1.82, 2.24) is 10.0 Å². The van der Waals surface area contributed by atoms with Crippen molar-refractivity contribution in [3.05, 3.63) is 29.6 Å². The second-order valence-corrected chi connectivity index (χ2v) is 6.80. The lowest BCUT2D eigenvalue weighted by molar-refractivity contribution is 0.478. The summed E-state index contributed by atoms with van der Waals surface area (Å²) in [4.78, 5) is 0.0226. The minimum Gasteiger partial charge on any atom is -0.313 e. The summed E-state index contributed by atoms with van der Waals surface area (Å²) in [6.45, 7) is 7.49. The van der Waals surface area contributed by atoms with Crippen LogP contribution in [0.15, 0.2) is 23.1 Å². The smallest absolute Gasteiger partial charge is 0.241 e. The molecule has 2 N–H and O–H groups in total. The fourth-order valence-electron chi connectivity index (χ4n) is 2.07. The van der Waals surface area contributed by atoms with E-state index in [0.717, 1.165) is 25.5 Å². The standard InChI is InChI=1S/C15H25FN2O2S/c1-4-12(5-2)10-18-21(19,20)15-9-14(16)8-7-13(15)11-17-6-3/h7-9,12,17-18H,4-6,10-11H2,1-3H3. The average molecular weight is 316 g/mol. The van der Waals surface area contributed by atoms with Crippen LogP contribution in [0.4, 0.5) is 4.39 Å². The summed E-state index contributed by atoms with van der Waals surface area (Å²) in [5.41, 5.74) is 0.579. The zero-order valence-corrected chi connectivity index (χ0v) is 13.8. The van der Waals surface area contributed by atoms with Gasteiger partial charge in [-0.05, 0) is 30.2 Å². The van der Waals surface area contributed by atoms with Gasteiger partial charge in [-0.3, -0.25) is 0 Å². The van der Waals surface area contributed by atoms with Crippen LogP contribution in [-0.4, -0.2) is 21.5 Å². The van der Waals surface area contributed by atoms with Crippen LogP contribution in [-0.2, 0) is 16.6 Å². The molecule has 4 nitrogen and oxygen atoms in total. The summed E-state index contributed by atoms with van der Waals surface area (Å²) < 4.78 is 40.8. The van der Waals surface area contributed by atoms with Crippen molar-refractivity contribution in [2.75, 3.05) is 13.1 Å². The van der Waals surface area contributed by atoms with E-state index in [1.165, 1.54) is 12.1 Å². The number of rotatable bonds is 9. The van der Waals surface area contributed by atoms with Gasteiger partial charge < -0.3 is 5.32 Å². The Kier molecular flexibility index (Phi) is 7.28. The third kappa shape index (κ3) is 5.37. The average Bonchev–Trinajstić information content (AvgIpc) is 2.47. The second-order valence-electron chi connectivity index (χ2n) is 5.07. The van der Waals surface area contributed by atoms with Crippen molar-refractivity contribution in [2.45, 2.75) is 45.1 Å². The van der Waals surface area contributed by atoms with Gasteiger partial charge in [0.2, 0.25) is 10.0 Å². The van der Waals surface area contributed by atoms with Gasteiger partial charge in [0.25, 0.3) is 0 Å². The number of sulfonamides is 1. The summed E-state index contributed by atoms with van der Waals surface area (Å²) in [6.07, 6.45) is 1.82. The normalized spacial score (nSPS) is 12.0. The first-order valence-electron chi connectivity index (χ1n) is 7.43. The topological polar surface area (TPSA) is 58.2 Å². The van der Waals surface area contributed by atoms with E-state index in [1.807, 2.05) is 20.8 Å². The maximum Gasteiger partial charge on any atom is 0.241 e. The van der Waals surface area contributed by atoms with Gasteiger partial charge in [-0.2, -0.15) is 0 Å². The molecule has 1 aromatic rings. The third-order valence-corrected chi connectivity index (χ3v) is 5.11. The molecule has 0 heterocycles. The minimum absolute atomic E-state index is 0.0226. The Morgan fingerprint density at radius 1 is 1.19 bits per heavy atom. The molecular formula is C15H25FN2O2S. The second kappa shape index (κ2) is 8.46. The predicted molar refractivity (Wildman–Crippen MR) is 83.0 cm³/mol. The molecule has 21 heavy (non-hydrogen) atoms. The Morgan fingerprint density at radius 3 is 2.43 bits per heavy atom. The van der Waals surface area contributed by atoms with Crippen LogP contribution in [0.1, 0.15) is 39.2 Å². The highest BCUT2D eigenvalue weighted by Crippen LogP contribution is 2.18. The molecule has 0 aromatic heterocycles. The molecule has 0 bridgehead atoms. The van der Waals surface area contributed by atoms with Crippen LogP contribution in [0, 0.1) is 11.7 Å². The van der Waals surface area contributed by atoms with Crippen molar-refractivity contribution < 1.29 is 12.8 Å². The van der Waals surface area contributed by atoms with Crippen LogP contribution < -0.4 is 10.0 Å². The molecule has 0 saturated carbocycles. The number of hydrogen-bond donors (Lipinski definition) is 2. The van der Waals surface area contributed by atoms with E-state index in [0.29, 0.717) is 24.6 Å². The highest BCUT2D eigenvalue weighted by molar-refractivity contribution is 7.89. The first-order valence-corrected chi connectivity index (χ1v) is 8.91. The van der Waals surface area contributed by atoms with E-state index in [9.17, 15) is 12.8 Å². The van der Waals surface area contributed by atoms with Crippen LogP contribution in [0.5, 0.6) is 0 Å². The molecule has 0 fully saturated rings. The van der Waals surface area contributed by atoms with E-state index in [2.05, 4.69) is 10.0 Å². The molecule has 0 spiro atoms. The van der Waals surface area contributed by atoms with Crippen molar-refractivity contribution in [3.63, 3.8) is 0 Å². The maximum atomic E-state index is 13.4. The van der Waals surface area contributed by atoms with Crippen LogP contribution >= 0.6 is 0 Å². The molecule has 6 heteroatoms. The Bertz CT molecular complexity index is 543. The van der Waals surface area contributed by atoms with Gasteiger partial charge in [-0.15, -0.1) is 0 Å². The zero-order valence-electron chi connectivity index (χ0n) is 12.9. The first-order chi connectivity index (χ1) is 9.94. The highest BCUT2D eigenvalue weighted by Gasteiger charge is 2.20. The van der Waals surface area contributed by atoms with Gasteiger partial charge in [-0.25, -0.2) is 17.5 Å². The largest absolute Gasteiger partial charge is 0.313 e. The van der Waals surface area contributed by atoms with E-state index in [-0.39, 0.29) is 4.90 Å². The lowest BCUT2D eigenvalue weighted by Crippen LogP contribution is -2.30. The first kappa shape index (κ1) is 18.1. The van der Waals surface area contributed by atoms with E-state index < -0.39 is 15.8 Å². The van der Waals surface area contributed by atoms with Crippen molar-refractivity contribution in [1.29, 1.82) is 0 Å². The Balaban J connectivity index is 2.97. The minimum atomic E-state index is -3.69. The molecule has 0 atom stereocenters. The molecule has 0 aliphatic heterocycles. The van der Waals surface area contributed by atoms with Crippen LogP contribution in [0.25, 0.3) is 0 Å². The molecule has 0 aliphatic rings. The SMILES string of the molecule is CCNCc1ccc(F)cc1S(=O)(=O)NCC(CC)CC. The number of hydrogen-bond acceptors (Lipinski definition) is 3. The van der Waals surface area contributed by atoms with Crippen LogP contribution in [0.3, 0.4) is 0 Å². The number of benzene rings is 1. The van der Waals surface area contributed by atoms with Crippen molar-refractivity contribution >= 4 is 10.0 Å². The predicted octanol–water partition coefficient (Wildman–Crippen LogP) is 2.65. The lowest BCUT2D eigenvalue weighted by Gasteiger charge is -2.16. The molecule has 0 amide bonds. The van der Waals surface area contributed by atoms with Gasteiger partial charge in [0.1, 0.15) is 5.82 Å². The summed E-state index contributed by atoms with van der Waals surface area (Å²) in [6, 6.07) is 3.89. The van der Waals surface area contributed by atoms with Crippen molar-refractivity contribution in [3.8, 4) is 0 Å². The molecule has 0 saturated heterocycles. The molecular weight excluding hydrogens is 291 g/mol. The maximum absolute atomic E-state index is 13.4. The molecule has 0 aliphatic carbocycles. The third-order valence-electron chi connectivity index (χ3n) is 3.60. The van der Waals surface area contributed by atoms with E-state index in [1.54, 1.807) is 0 Å². The Morgan fingerprint density at radius 2 is 1.86 bits per heavy atom. The monoisotopic (exact) mass is 316 g/mol. The van der Waals surface area contributed by atoms with Crippen LogP contribution in [0.2, 0.25) is 0 Å². The van der Waals surface area contributed by atoms with Gasteiger partial charge in [0.15, 0.2) is 0 Å². The quantitative estimate of drug-likeness (QED) is 0.736. The molecule has 1 rings (SSSR count). The number of halogens is 1. The van der Waals surface area contributed by atoms with Gasteiger partial charge in [-0.1, -0.05) is 39.7 Å². The number of nitrogens with one attached hydrogen (secondary N) is 2. The summed E-state index contributed by atoms with van der Waals surface area (Å²) in [5, 5.41) is 3.07. The fraction of sp³-hybridized carbons (Fsp3) is 0.600. The molecule has 0 unspecified atom stereocenters. The van der Waals surface area contributed by atoms with Crippen molar-refractivity contribution in [2.24, 2.45) is 5.92 Å². The summed E-state index contributed by atoms with van der Waals surface area (Å²) >= 11 is 0. The van der Waals surface area contributed by atoms with Gasteiger partial charge >= 0.3 is 0 Å². The van der Waals surface area contributed by atoms with Gasteiger partial charge in [0.05, 0.1) is 4.90 Å². The summed E-state index contributed by atoms with van der Waals surface area (Å²) in [5.74, 6) is -0.247. The Labute approximate surface area is 127 Å². The highest BCUT2D eigenvalue weighted by atomic mass is 32.2.